The maximum absolute atomic E-state index is 12.8. The number of piperazine rings is 1. The van der Waals surface area contributed by atoms with Crippen LogP contribution in [0.25, 0.3) is 0 Å². The Kier molecular flexibility index (Phi) is 11.3. The van der Waals surface area contributed by atoms with Crippen LogP contribution in [-0.2, 0) is 14.3 Å². The molecule has 0 aromatic carbocycles. The first-order chi connectivity index (χ1) is 11.8. The maximum atomic E-state index is 12.8. The summed E-state index contributed by atoms with van der Waals surface area (Å²) in [7, 11) is 0. The zero-order chi connectivity index (χ0) is 18.7. The van der Waals surface area contributed by atoms with E-state index in [4.69, 9.17) is 39.5 Å². The molecule has 0 aromatic heterocycles. The molecule has 0 unspecified atom stereocenters. The van der Waals surface area contributed by atoms with Crippen LogP contribution in [0.5, 0.6) is 0 Å². The van der Waals surface area contributed by atoms with Gasteiger partial charge < -0.3 is 15.4 Å². The summed E-state index contributed by atoms with van der Waals surface area (Å²) in [6, 6.07) is -0.254. The topological polar surface area (TPSA) is 67.4 Å². The average Bonchev–Trinajstić information content (AvgIpc) is 2.58. The number of unbranched alkanes of at least 4 members (excludes halogenated alkanes) is 4. The summed E-state index contributed by atoms with van der Waals surface area (Å²) < 4.78 is 3.36. The van der Waals surface area contributed by atoms with Crippen molar-refractivity contribution >= 4 is 46.6 Å². The molecule has 1 fully saturated rings. The zero-order valence-electron chi connectivity index (χ0n) is 14.8. The quantitative estimate of drug-likeness (QED) is 0.307. The van der Waals surface area contributed by atoms with Crippen molar-refractivity contribution in [2.24, 2.45) is 5.92 Å². The third kappa shape index (κ3) is 10.6. The average molecular weight is 416 g/mol. The fourth-order valence-corrected chi connectivity index (χ4v) is 3.06. The van der Waals surface area contributed by atoms with E-state index in [-0.39, 0.29) is 30.8 Å². The number of hydrogen-bond acceptors (Lipinski definition) is 5. The Morgan fingerprint density at radius 1 is 1.16 bits per heavy atom. The molecular formula is C17H29Cl3N2O3. The summed E-state index contributed by atoms with van der Waals surface area (Å²) >= 11 is 16.8. The lowest BCUT2D eigenvalue weighted by molar-refractivity contribution is -0.146. The minimum atomic E-state index is -1.63. The van der Waals surface area contributed by atoms with Crippen LogP contribution in [0.3, 0.4) is 0 Å². The number of halogens is 3. The molecule has 0 aromatic rings. The first-order valence-corrected chi connectivity index (χ1v) is 10.2. The van der Waals surface area contributed by atoms with E-state index in [2.05, 4.69) is 17.6 Å². The van der Waals surface area contributed by atoms with E-state index in [1.807, 2.05) is 0 Å². The van der Waals surface area contributed by atoms with E-state index in [1.54, 1.807) is 0 Å². The van der Waals surface area contributed by atoms with Crippen LogP contribution in [0.2, 0.25) is 0 Å². The van der Waals surface area contributed by atoms with Gasteiger partial charge in [-0.2, -0.15) is 0 Å². The third-order valence-electron chi connectivity index (χ3n) is 4.25. The van der Waals surface area contributed by atoms with Gasteiger partial charge in [0.1, 0.15) is 6.61 Å². The van der Waals surface area contributed by atoms with Crippen molar-refractivity contribution in [1.82, 2.24) is 10.6 Å². The summed E-state index contributed by atoms with van der Waals surface area (Å²) in [5, 5.41) is 6.41. The first-order valence-electron chi connectivity index (χ1n) is 9.03. The fraction of sp³-hybridized carbons (Fsp3) is 0.882. The van der Waals surface area contributed by atoms with Crippen LogP contribution in [0.4, 0.5) is 0 Å². The lowest BCUT2D eigenvalue weighted by Crippen LogP contribution is -2.54. The Morgan fingerprint density at radius 3 is 2.48 bits per heavy atom. The molecule has 0 amide bonds. The molecule has 1 aliphatic heterocycles. The monoisotopic (exact) mass is 414 g/mol. The van der Waals surface area contributed by atoms with Gasteiger partial charge in [0, 0.05) is 25.6 Å². The molecule has 0 spiro atoms. The number of esters is 1. The second-order valence-corrected chi connectivity index (χ2v) is 9.01. The lowest BCUT2D eigenvalue weighted by atomic mass is 9.89. The van der Waals surface area contributed by atoms with Crippen molar-refractivity contribution in [1.29, 1.82) is 0 Å². The molecule has 8 heteroatoms. The van der Waals surface area contributed by atoms with E-state index < -0.39 is 9.76 Å². The van der Waals surface area contributed by atoms with Crippen LogP contribution in [0.1, 0.15) is 51.9 Å². The minimum absolute atomic E-state index is 0.0333. The number of nitrogens with one attached hydrogen (secondary N) is 2. The molecule has 1 saturated heterocycles. The van der Waals surface area contributed by atoms with Gasteiger partial charge in [0.15, 0.2) is 5.78 Å². The van der Waals surface area contributed by atoms with Crippen molar-refractivity contribution in [2.75, 3.05) is 26.2 Å². The van der Waals surface area contributed by atoms with Gasteiger partial charge >= 0.3 is 5.97 Å². The van der Waals surface area contributed by atoms with Crippen LogP contribution in [-0.4, -0.2) is 47.8 Å². The Morgan fingerprint density at radius 2 is 1.88 bits per heavy atom. The molecule has 0 radical (unpaired) electrons. The highest BCUT2D eigenvalue weighted by Crippen LogP contribution is 2.26. The Labute approximate surface area is 165 Å². The summed E-state index contributed by atoms with van der Waals surface area (Å²) in [6.07, 6.45) is 6.22. The van der Waals surface area contributed by atoms with Crippen LogP contribution >= 0.6 is 34.8 Å². The van der Waals surface area contributed by atoms with E-state index in [1.165, 1.54) is 12.8 Å². The number of Topliss-reactive ketones (excluding diaryl/α,β-unsaturated/α-hetero) is 1. The second kappa shape index (κ2) is 12.3. The Balaban J connectivity index is 2.53. The molecule has 2 atom stereocenters. The van der Waals surface area contributed by atoms with Crippen molar-refractivity contribution in [3.8, 4) is 0 Å². The summed E-state index contributed by atoms with van der Waals surface area (Å²) in [4.78, 5) is 24.8. The minimum Gasteiger partial charge on any atom is -0.461 e. The van der Waals surface area contributed by atoms with Gasteiger partial charge in [-0.25, -0.2) is 0 Å². The first kappa shape index (κ1) is 23.0. The van der Waals surface area contributed by atoms with Crippen molar-refractivity contribution < 1.29 is 14.3 Å². The van der Waals surface area contributed by atoms with Gasteiger partial charge in [-0.15, -0.1) is 0 Å². The predicted molar refractivity (Wildman–Crippen MR) is 102 cm³/mol. The molecular weight excluding hydrogens is 387 g/mol. The Hall–Kier alpha value is -0.0700. The molecule has 0 aliphatic carbocycles. The molecule has 146 valence electrons. The van der Waals surface area contributed by atoms with E-state index in [0.717, 1.165) is 32.4 Å². The van der Waals surface area contributed by atoms with E-state index in [9.17, 15) is 9.59 Å². The molecule has 0 bridgehead atoms. The van der Waals surface area contributed by atoms with Gasteiger partial charge in [-0.05, 0) is 6.42 Å². The number of alkyl halides is 3. The largest absolute Gasteiger partial charge is 0.461 e. The van der Waals surface area contributed by atoms with Gasteiger partial charge in [-0.3, -0.25) is 9.59 Å². The highest BCUT2D eigenvalue weighted by molar-refractivity contribution is 6.67. The van der Waals surface area contributed by atoms with E-state index in [0.29, 0.717) is 13.0 Å². The summed E-state index contributed by atoms with van der Waals surface area (Å²) in [6.45, 7) is 4.04. The van der Waals surface area contributed by atoms with Gasteiger partial charge in [0.25, 0.3) is 0 Å². The molecule has 25 heavy (non-hydrogen) atoms. The van der Waals surface area contributed by atoms with Gasteiger partial charge in [0.2, 0.25) is 3.79 Å². The number of ether oxygens (including phenoxy) is 1. The van der Waals surface area contributed by atoms with Gasteiger partial charge in [-0.1, -0.05) is 73.8 Å². The summed E-state index contributed by atoms with van der Waals surface area (Å²) in [5.74, 6) is -0.794. The highest BCUT2D eigenvalue weighted by atomic mass is 35.6. The molecule has 5 nitrogen and oxygen atoms in total. The van der Waals surface area contributed by atoms with Crippen LogP contribution in [0, 0.1) is 5.92 Å². The van der Waals surface area contributed by atoms with Gasteiger partial charge in [0.05, 0.1) is 12.5 Å². The second-order valence-electron chi connectivity index (χ2n) is 6.49. The maximum Gasteiger partial charge on any atom is 0.306 e. The number of rotatable bonds is 11. The standard InChI is InChI=1S/C17H29Cl3N2O3/c1-2-3-4-5-6-7-13(10-15(23)25-12-17(18,19)20)16(24)14-11-21-8-9-22-14/h13-14,21-22H,2-12H2,1H3/t13-,14+/m1/s1. The smallest absolute Gasteiger partial charge is 0.306 e. The SMILES string of the molecule is CCCCCCC[C@H](CC(=O)OCC(Cl)(Cl)Cl)C(=O)[C@@H]1CNCCN1. The normalized spacial score (nSPS) is 19.4. The molecule has 0 saturated carbocycles. The molecule has 2 N–H and O–H groups in total. The highest BCUT2D eigenvalue weighted by Gasteiger charge is 2.30. The number of carbonyl (C=O) groups excluding carboxylic acids is 2. The van der Waals surface area contributed by atoms with Crippen LogP contribution in [0.15, 0.2) is 0 Å². The van der Waals surface area contributed by atoms with Crippen molar-refractivity contribution in [3.05, 3.63) is 0 Å². The number of hydrogen-bond donors (Lipinski definition) is 2. The number of carbonyl (C=O) groups is 2. The van der Waals surface area contributed by atoms with Crippen molar-refractivity contribution in [3.63, 3.8) is 0 Å². The Bertz CT molecular complexity index is 410. The third-order valence-corrected chi connectivity index (χ3v) is 4.58. The van der Waals surface area contributed by atoms with Crippen molar-refractivity contribution in [2.45, 2.75) is 61.7 Å². The summed E-state index contributed by atoms with van der Waals surface area (Å²) in [5.41, 5.74) is 0. The molecule has 1 rings (SSSR count). The molecule has 1 aliphatic rings. The zero-order valence-corrected chi connectivity index (χ0v) is 17.1. The predicted octanol–water partition coefficient (Wildman–Crippen LogP) is 3.40. The lowest BCUT2D eigenvalue weighted by Gasteiger charge is -2.27. The van der Waals surface area contributed by atoms with Crippen LogP contribution < -0.4 is 10.6 Å². The number of ketones is 1. The fourth-order valence-electron chi connectivity index (χ4n) is 2.90. The molecule has 1 heterocycles. The van der Waals surface area contributed by atoms with E-state index >= 15 is 0 Å².